The van der Waals surface area contributed by atoms with E-state index in [0.717, 1.165) is 22.0 Å². The van der Waals surface area contributed by atoms with E-state index in [0.29, 0.717) is 13.1 Å². The van der Waals surface area contributed by atoms with E-state index in [-0.39, 0.29) is 5.88 Å². The topological polar surface area (TPSA) is 60.2 Å². The Bertz CT molecular complexity index is 803. The Hall–Kier alpha value is -2.39. The maximum absolute atomic E-state index is 12.2. The van der Waals surface area contributed by atoms with Gasteiger partial charge in [0.05, 0.1) is 12.0 Å². The minimum absolute atomic E-state index is 0.0506. The van der Waals surface area contributed by atoms with Crippen LogP contribution in [0.15, 0.2) is 46.5 Å². The third-order valence-electron chi connectivity index (χ3n) is 3.10. The predicted octanol–water partition coefficient (Wildman–Crippen LogP) is 4.03. The molecule has 0 amide bonds. The van der Waals surface area contributed by atoms with Crippen LogP contribution < -0.4 is 10.1 Å². The first-order valence-corrected chi connectivity index (χ1v) is 8.21. The molecule has 0 aliphatic heterocycles. The van der Waals surface area contributed by atoms with Crippen molar-refractivity contribution in [1.29, 1.82) is 0 Å². The highest BCUT2D eigenvalue weighted by atomic mass is 32.1. The summed E-state index contributed by atoms with van der Waals surface area (Å²) in [7, 11) is 0. The van der Waals surface area contributed by atoms with Crippen LogP contribution in [0.5, 0.6) is 5.88 Å². The lowest BCUT2D eigenvalue weighted by Gasteiger charge is -2.09. The predicted molar refractivity (Wildman–Crippen MR) is 86.1 cm³/mol. The van der Waals surface area contributed by atoms with E-state index < -0.39 is 12.8 Å². The Labute approximate surface area is 145 Å². The molecule has 0 saturated carbocycles. The van der Waals surface area contributed by atoms with E-state index >= 15 is 0 Å². The number of halogens is 3. The molecule has 0 fully saturated rings. The van der Waals surface area contributed by atoms with Crippen LogP contribution in [0, 0.1) is 0 Å². The Morgan fingerprint density at radius 3 is 2.88 bits per heavy atom. The number of hydrogen-bond donors (Lipinski definition) is 1. The molecule has 0 saturated heterocycles. The van der Waals surface area contributed by atoms with Crippen molar-refractivity contribution in [3.8, 4) is 16.6 Å². The molecule has 0 aliphatic rings. The maximum Gasteiger partial charge on any atom is 0.422 e. The molecule has 3 aromatic heterocycles. The van der Waals surface area contributed by atoms with E-state index in [1.165, 1.54) is 23.6 Å². The van der Waals surface area contributed by atoms with Crippen molar-refractivity contribution in [3.05, 3.63) is 53.4 Å². The van der Waals surface area contributed by atoms with Crippen molar-refractivity contribution in [1.82, 2.24) is 15.3 Å². The second kappa shape index (κ2) is 7.66. The summed E-state index contributed by atoms with van der Waals surface area (Å²) in [6, 6.07) is 6.84. The first-order valence-electron chi connectivity index (χ1n) is 7.33. The minimum Gasteiger partial charge on any atom is -0.468 e. The van der Waals surface area contributed by atoms with Crippen LogP contribution in [-0.2, 0) is 13.1 Å². The highest BCUT2D eigenvalue weighted by Crippen LogP contribution is 2.24. The van der Waals surface area contributed by atoms with Crippen LogP contribution in [-0.4, -0.2) is 22.8 Å². The van der Waals surface area contributed by atoms with Gasteiger partial charge in [-0.25, -0.2) is 9.97 Å². The zero-order valence-electron chi connectivity index (χ0n) is 12.9. The molecule has 25 heavy (non-hydrogen) atoms. The number of nitrogens with one attached hydrogen (secondary N) is 1. The summed E-state index contributed by atoms with van der Waals surface area (Å²) in [6.45, 7) is -0.373. The van der Waals surface area contributed by atoms with Crippen LogP contribution in [0.4, 0.5) is 13.2 Å². The van der Waals surface area contributed by atoms with Gasteiger partial charge >= 0.3 is 6.18 Å². The zero-order valence-corrected chi connectivity index (χ0v) is 13.7. The van der Waals surface area contributed by atoms with Gasteiger partial charge in [0.25, 0.3) is 0 Å². The van der Waals surface area contributed by atoms with E-state index in [1.54, 1.807) is 18.4 Å². The summed E-state index contributed by atoms with van der Waals surface area (Å²) in [6.07, 6.45) is -1.37. The molecule has 9 heteroatoms. The first kappa shape index (κ1) is 17.4. The minimum atomic E-state index is -4.38. The number of rotatable bonds is 7. The second-order valence-corrected chi connectivity index (χ2v) is 5.99. The fraction of sp³-hybridized carbons (Fsp3) is 0.250. The monoisotopic (exact) mass is 369 g/mol. The van der Waals surface area contributed by atoms with Crippen molar-refractivity contribution >= 4 is 11.3 Å². The molecule has 3 rings (SSSR count). The van der Waals surface area contributed by atoms with Crippen LogP contribution in [0.1, 0.15) is 11.3 Å². The van der Waals surface area contributed by atoms with Gasteiger partial charge in [0.15, 0.2) is 17.4 Å². The lowest BCUT2D eigenvalue weighted by atomic mass is 10.2. The Morgan fingerprint density at radius 2 is 2.12 bits per heavy atom. The van der Waals surface area contributed by atoms with Gasteiger partial charge in [-0.15, -0.1) is 11.3 Å². The number of ether oxygens (including phenoxy) is 1. The Morgan fingerprint density at radius 1 is 1.24 bits per heavy atom. The molecule has 0 aliphatic carbocycles. The molecule has 1 N–H and O–H groups in total. The summed E-state index contributed by atoms with van der Waals surface area (Å²) in [5.74, 6) is 0.669. The molecule has 0 aromatic carbocycles. The number of hydrogen-bond acceptors (Lipinski definition) is 6. The van der Waals surface area contributed by atoms with Gasteiger partial charge in [-0.2, -0.15) is 13.2 Å². The number of nitrogens with zero attached hydrogens (tertiary/aromatic N) is 2. The van der Waals surface area contributed by atoms with Crippen LogP contribution in [0.3, 0.4) is 0 Å². The maximum atomic E-state index is 12.2. The summed E-state index contributed by atoms with van der Waals surface area (Å²) in [5.41, 5.74) is 1.63. The number of aromatic nitrogens is 2. The number of thiazole rings is 1. The molecule has 0 atom stereocenters. The van der Waals surface area contributed by atoms with Gasteiger partial charge in [0.2, 0.25) is 5.88 Å². The molecule has 0 spiro atoms. The van der Waals surface area contributed by atoms with Crippen molar-refractivity contribution in [2.45, 2.75) is 19.3 Å². The first-order chi connectivity index (χ1) is 12.0. The third kappa shape index (κ3) is 5.30. The van der Waals surface area contributed by atoms with Crippen molar-refractivity contribution in [2.24, 2.45) is 0 Å². The van der Waals surface area contributed by atoms with Crippen molar-refractivity contribution < 1.29 is 22.3 Å². The number of pyridine rings is 1. The van der Waals surface area contributed by atoms with E-state index in [9.17, 15) is 13.2 Å². The van der Waals surface area contributed by atoms with Crippen molar-refractivity contribution in [3.63, 3.8) is 0 Å². The lowest BCUT2D eigenvalue weighted by Crippen LogP contribution is -2.20. The van der Waals surface area contributed by atoms with Crippen LogP contribution in [0.25, 0.3) is 10.8 Å². The standard InChI is InChI=1S/C16H14F3N3O2S/c17-16(18,19)10-24-14-6-11(3-4-21-14)7-20-8-12-9-25-15(22-12)13-2-1-5-23-13/h1-6,9,20H,7-8,10H2. The largest absolute Gasteiger partial charge is 0.468 e. The Kier molecular flexibility index (Phi) is 5.34. The molecule has 3 aromatic rings. The molecule has 3 heterocycles. The smallest absolute Gasteiger partial charge is 0.422 e. The zero-order chi connectivity index (χ0) is 17.7. The lowest BCUT2D eigenvalue weighted by molar-refractivity contribution is -0.154. The summed E-state index contributed by atoms with van der Waals surface area (Å²) >= 11 is 1.48. The fourth-order valence-corrected chi connectivity index (χ4v) is 2.82. The molecule has 0 radical (unpaired) electrons. The highest BCUT2D eigenvalue weighted by molar-refractivity contribution is 7.13. The summed E-state index contributed by atoms with van der Waals surface area (Å²) in [4.78, 5) is 8.23. The van der Waals surface area contributed by atoms with Gasteiger partial charge in [-0.3, -0.25) is 0 Å². The highest BCUT2D eigenvalue weighted by Gasteiger charge is 2.28. The molecule has 0 unspecified atom stereocenters. The van der Waals surface area contributed by atoms with E-state index in [1.807, 2.05) is 11.4 Å². The second-order valence-electron chi connectivity index (χ2n) is 5.13. The summed E-state index contributed by atoms with van der Waals surface area (Å²) in [5, 5.41) is 5.91. The number of furan rings is 1. The quantitative estimate of drug-likeness (QED) is 0.681. The van der Waals surface area contributed by atoms with Gasteiger partial charge < -0.3 is 14.5 Å². The van der Waals surface area contributed by atoms with Gasteiger partial charge in [-0.1, -0.05) is 0 Å². The molecular weight excluding hydrogens is 355 g/mol. The summed E-state index contributed by atoms with van der Waals surface area (Å²) < 4.78 is 46.4. The normalized spacial score (nSPS) is 11.6. The molecular formula is C16H14F3N3O2S. The van der Waals surface area contributed by atoms with Crippen molar-refractivity contribution in [2.75, 3.05) is 6.61 Å². The third-order valence-corrected chi connectivity index (χ3v) is 4.01. The van der Waals surface area contributed by atoms with Crippen LogP contribution in [0.2, 0.25) is 0 Å². The molecule has 5 nitrogen and oxygen atoms in total. The van der Waals surface area contributed by atoms with Gasteiger partial charge in [0, 0.05) is 30.7 Å². The molecule has 132 valence electrons. The average molecular weight is 369 g/mol. The fourth-order valence-electron chi connectivity index (χ4n) is 2.03. The van der Waals surface area contributed by atoms with Gasteiger partial charge in [0.1, 0.15) is 0 Å². The van der Waals surface area contributed by atoms with Crippen LogP contribution >= 0.6 is 11.3 Å². The van der Waals surface area contributed by atoms with Gasteiger partial charge in [-0.05, 0) is 23.8 Å². The SMILES string of the molecule is FC(F)(F)COc1cc(CNCc2csc(-c3ccco3)n2)ccn1. The number of alkyl halides is 3. The van der Waals surface area contributed by atoms with E-state index in [2.05, 4.69) is 20.0 Å². The molecule has 0 bridgehead atoms. The van der Waals surface area contributed by atoms with E-state index in [4.69, 9.17) is 4.42 Å². The average Bonchev–Trinajstić information content (AvgIpc) is 3.24. The Balaban J connectivity index is 1.50.